The van der Waals surface area contributed by atoms with Gasteiger partial charge in [0, 0.05) is 12.1 Å². The third-order valence-corrected chi connectivity index (χ3v) is 8.69. The number of nitro groups is 1. The van der Waals surface area contributed by atoms with Gasteiger partial charge in [-0.15, -0.1) is 0 Å². The zero-order valence-electron chi connectivity index (χ0n) is 18.2. The lowest BCUT2D eigenvalue weighted by Crippen LogP contribution is -2.40. The number of carbonyl (C=O) groups excluding carboxylic acids is 2. The molecule has 2 aromatic rings. The summed E-state index contributed by atoms with van der Waals surface area (Å²) in [5.41, 5.74) is 1.49. The SMILES string of the molecule is O=C1[C@@H]2[C@H]3C=C[C@@H]([C@@H]4C[C@@H]34)[C@H]2C(=O)N1/N=C\c1cc(Br)c(OCc2ccc([N+](=O)[O-])cc2)c(Br)c1. The molecule has 2 bridgehead atoms. The van der Waals surface area contributed by atoms with Crippen LogP contribution >= 0.6 is 31.9 Å². The van der Waals surface area contributed by atoms with Gasteiger partial charge < -0.3 is 4.74 Å². The number of amides is 2. The molecule has 3 fully saturated rings. The number of allylic oxidation sites excluding steroid dienone is 2. The number of non-ortho nitro benzene ring substituents is 1. The molecule has 6 atom stereocenters. The van der Waals surface area contributed by atoms with Crippen molar-refractivity contribution in [3.8, 4) is 5.75 Å². The van der Waals surface area contributed by atoms with Crippen LogP contribution in [0.25, 0.3) is 0 Å². The smallest absolute Gasteiger partial charge is 0.269 e. The van der Waals surface area contributed by atoms with Crippen LogP contribution in [0.15, 0.2) is 62.6 Å². The van der Waals surface area contributed by atoms with Crippen LogP contribution in [-0.4, -0.2) is 28.0 Å². The average Bonchev–Trinajstić information content (AvgIpc) is 3.62. The molecular formula is C25H19Br2N3O5. The molecule has 8 nitrogen and oxygen atoms in total. The van der Waals surface area contributed by atoms with E-state index in [0.717, 1.165) is 17.0 Å². The van der Waals surface area contributed by atoms with Crippen molar-refractivity contribution in [3.63, 3.8) is 0 Å². The molecule has 2 amide bonds. The Kier molecular flexibility index (Phi) is 5.41. The summed E-state index contributed by atoms with van der Waals surface area (Å²) < 4.78 is 7.21. The van der Waals surface area contributed by atoms with Crippen LogP contribution in [0, 0.1) is 45.6 Å². The van der Waals surface area contributed by atoms with Crippen molar-refractivity contribution in [1.82, 2.24) is 5.01 Å². The van der Waals surface area contributed by atoms with Crippen molar-refractivity contribution in [1.29, 1.82) is 0 Å². The minimum Gasteiger partial charge on any atom is -0.487 e. The third kappa shape index (κ3) is 3.74. The van der Waals surface area contributed by atoms with Gasteiger partial charge in [0.1, 0.15) is 12.4 Å². The van der Waals surface area contributed by atoms with Gasteiger partial charge in [-0.1, -0.05) is 12.2 Å². The highest BCUT2D eigenvalue weighted by molar-refractivity contribution is 9.11. The standard InChI is InChI=1S/C25H19Br2N3O5/c26-19-7-13(8-20(27)23(19)35-11-12-1-3-14(4-2-12)30(33)34)10-28-29-24(31)21-15-5-6-16(18-9-17(15)18)22(21)25(29)32/h1-8,10,15-18,21-22H,9,11H2/b28-10-/t15-,16-,17-,18-,21+,22+/m0/s1. The Morgan fingerprint density at radius 1 is 1.03 bits per heavy atom. The van der Waals surface area contributed by atoms with Gasteiger partial charge in [0.2, 0.25) is 0 Å². The van der Waals surface area contributed by atoms with Gasteiger partial charge in [-0.2, -0.15) is 10.1 Å². The van der Waals surface area contributed by atoms with Gasteiger partial charge in [-0.05, 0) is 97.3 Å². The van der Waals surface area contributed by atoms with Crippen LogP contribution in [0.1, 0.15) is 17.5 Å². The van der Waals surface area contributed by atoms with Crippen LogP contribution in [-0.2, 0) is 16.2 Å². The second-order valence-electron chi connectivity index (χ2n) is 9.41. The summed E-state index contributed by atoms with van der Waals surface area (Å²) in [4.78, 5) is 36.5. The van der Waals surface area contributed by atoms with Gasteiger partial charge in [0.15, 0.2) is 0 Å². The molecule has 1 aliphatic heterocycles. The number of hydrazone groups is 1. The first-order valence-corrected chi connectivity index (χ1v) is 12.9. The molecule has 0 radical (unpaired) electrons. The largest absolute Gasteiger partial charge is 0.487 e. The van der Waals surface area contributed by atoms with E-state index in [0.29, 0.717) is 32.1 Å². The van der Waals surface area contributed by atoms with Crippen molar-refractivity contribution < 1.29 is 19.2 Å². The molecule has 0 spiro atoms. The maximum atomic E-state index is 13.1. The number of nitro benzene ring substituents is 1. The molecule has 7 rings (SSSR count). The van der Waals surface area contributed by atoms with E-state index in [1.165, 1.54) is 18.3 Å². The first-order chi connectivity index (χ1) is 16.8. The van der Waals surface area contributed by atoms with Gasteiger partial charge in [0.05, 0.1) is 31.9 Å². The van der Waals surface area contributed by atoms with Crippen LogP contribution in [0.2, 0.25) is 0 Å². The van der Waals surface area contributed by atoms with E-state index in [-0.39, 0.29) is 47.8 Å². The lowest BCUT2D eigenvalue weighted by Gasteiger charge is -2.37. The number of rotatable bonds is 6. The van der Waals surface area contributed by atoms with Gasteiger partial charge in [-0.25, -0.2) is 0 Å². The van der Waals surface area contributed by atoms with E-state index < -0.39 is 4.92 Å². The summed E-state index contributed by atoms with van der Waals surface area (Å²) in [6, 6.07) is 9.74. The van der Waals surface area contributed by atoms with Gasteiger partial charge in [0.25, 0.3) is 17.5 Å². The number of hydrogen-bond donors (Lipinski definition) is 0. The van der Waals surface area contributed by atoms with Crippen LogP contribution in [0.4, 0.5) is 5.69 Å². The first-order valence-electron chi connectivity index (χ1n) is 11.3. The molecule has 2 saturated carbocycles. The molecule has 1 heterocycles. The van der Waals surface area contributed by atoms with E-state index in [9.17, 15) is 19.7 Å². The maximum Gasteiger partial charge on any atom is 0.269 e. The number of halogens is 2. The van der Waals surface area contributed by atoms with E-state index in [4.69, 9.17) is 4.74 Å². The van der Waals surface area contributed by atoms with Crippen molar-refractivity contribution >= 4 is 55.6 Å². The molecule has 178 valence electrons. The molecule has 35 heavy (non-hydrogen) atoms. The molecule has 1 saturated heterocycles. The summed E-state index contributed by atoms with van der Waals surface area (Å²) in [7, 11) is 0. The molecule has 0 N–H and O–H groups in total. The highest BCUT2D eigenvalue weighted by Crippen LogP contribution is 2.65. The van der Waals surface area contributed by atoms with E-state index >= 15 is 0 Å². The second-order valence-corrected chi connectivity index (χ2v) is 11.1. The Bertz CT molecular complexity index is 1270. The second kappa shape index (κ2) is 8.37. The highest BCUT2D eigenvalue weighted by atomic mass is 79.9. The third-order valence-electron chi connectivity index (χ3n) is 7.51. The Labute approximate surface area is 217 Å². The monoisotopic (exact) mass is 599 g/mol. The number of nitrogens with zero attached hydrogens (tertiary/aromatic N) is 3. The number of benzene rings is 2. The minimum absolute atomic E-state index is 0.0229. The fourth-order valence-electron chi connectivity index (χ4n) is 5.84. The van der Waals surface area contributed by atoms with Crippen LogP contribution in [0.3, 0.4) is 0 Å². The van der Waals surface area contributed by atoms with Crippen molar-refractivity contribution in [2.24, 2.45) is 40.6 Å². The summed E-state index contributed by atoms with van der Waals surface area (Å²) in [5, 5.41) is 16.2. The van der Waals surface area contributed by atoms with Crippen molar-refractivity contribution in [2.45, 2.75) is 13.0 Å². The predicted octanol–water partition coefficient (Wildman–Crippen LogP) is 5.09. The summed E-state index contributed by atoms with van der Waals surface area (Å²) in [5.74, 6) is 1.07. The minimum atomic E-state index is -0.446. The molecule has 2 aromatic carbocycles. The predicted molar refractivity (Wildman–Crippen MR) is 133 cm³/mol. The lowest BCUT2D eigenvalue weighted by molar-refractivity contribution is -0.384. The maximum absolute atomic E-state index is 13.1. The zero-order chi connectivity index (χ0) is 24.4. The van der Waals surface area contributed by atoms with Gasteiger partial charge in [-0.3, -0.25) is 19.7 Å². The normalized spacial score (nSPS) is 30.1. The molecular weight excluding hydrogens is 582 g/mol. The number of carbonyl (C=O) groups is 2. The molecule has 4 aliphatic carbocycles. The van der Waals surface area contributed by atoms with Crippen molar-refractivity contribution in [2.75, 3.05) is 0 Å². The zero-order valence-corrected chi connectivity index (χ0v) is 21.4. The average molecular weight is 601 g/mol. The number of ether oxygens (including phenoxy) is 1. The Morgan fingerprint density at radius 3 is 2.14 bits per heavy atom. The fourth-order valence-corrected chi connectivity index (χ4v) is 7.29. The van der Waals surface area contributed by atoms with Crippen LogP contribution in [0.5, 0.6) is 5.75 Å². The van der Waals surface area contributed by atoms with E-state index in [1.54, 1.807) is 24.3 Å². The number of imide groups is 1. The lowest BCUT2D eigenvalue weighted by atomic mass is 9.63. The quantitative estimate of drug-likeness (QED) is 0.151. The summed E-state index contributed by atoms with van der Waals surface area (Å²) >= 11 is 7.01. The highest BCUT2D eigenvalue weighted by Gasteiger charge is 2.67. The fraction of sp³-hybridized carbons (Fsp3) is 0.320. The Balaban J connectivity index is 1.16. The number of hydrogen-bond acceptors (Lipinski definition) is 6. The molecule has 0 aromatic heterocycles. The molecule has 10 heteroatoms. The Hall–Kier alpha value is -2.85. The molecule has 5 aliphatic rings. The molecule has 0 unspecified atom stereocenters. The van der Waals surface area contributed by atoms with E-state index in [2.05, 4.69) is 49.1 Å². The van der Waals surface area contributed by atoms with Crippen molar-refractivity contribution in [3.05, 3.63) is 78.7 Å². The Morgan fingerprint density at radius 2 is 1.60 bits per heavy atom. The van der Waals surface area contributed by atoms with Crippen LogP contribution < -0.4 is 4.74 Å². The first kappa shape index (κ1) is 22.6. The van der Waals surface area contributed by atoms with E-state index in [1.807, 2.05) is 0 Å². The summed E-state index contributed by atoms with van der Waals surface area (Å²) in [6.07, 6.45) is 6.92. The summed E-state index contributed by atoms with van der Waals surface area (Å²) in [6.45, 7) is 0.223. The van der Waals surface area contributed by atoms with Gasteiger partial charge >= 0.3 is 0 Å². The topological polar surface area (TPSA) is 102 Å².